The quantitative estimate of drug-likeness (QED) is 0.631. The zero-order chi connectivity index (χ0) is 14.0. The van der Waals surface area contributed by atoms with Gasteiger partial charge in [-0.1, -0.05) is 0 Å². The van der Waals surface area contributed by atoms with Crippen LogP contribution >= 0.6 is 11.6 Å². The van der Waals surface area contributed by atoms with Crippen molar-refractivity contribution in [2.45, 2.75) is 13.3 Å². The van der Waals surface area contributed by atoms with Gasteiger partial charge in [0.2, 0.25) is 5.91 Å². The number of methoxy groups -OCH3 is 1. The predicted molar refractivity (Wildman–Crippen MR) is 73.7 cm³/mol. The third kappa shape index (κ3) is 2.73. The van der Waals surface area contributed by atoms with E-state index in [1.807, 2.05) is 13.0 Å². The second kappa shape index (κ2) is 5.61. The zero-order valence-corrected chi connectivity index (χ0v) is 11.7. The molecule has 19 heavy (non-hydrogen) atoms. The summed E-state index contributed by atoms with van der Waals surface area (Å²) in [7, 11) is 1.35. The highest BCUT2D eigenvalue weighted by Crippen LogP contribution is 2.27. The van der Waals surface area contributed by atoms with Crippen molar-refractivity contribution in [2.24, 2.45) is 5.92 Å². The number of rotatable bonds is 3. The molecule has 1 aliphatic rings. The summed E-state index contributed by atoms with van der Waals surface area (Å²) < 4.78 is 4.70. The van der Waals surface area contributed by atoms with Crippen LogP contribution in [0.4, 0.5) is 5.69 Å². The molecule has 0 saturated carbocycles. The smallest absolute Gasteiger partial charge is 0.338 e. The first-order chi connectivity index (χ1) is 9.06. The highest BCUT2D eigenvalue weighted by atomic mass is 35.5. The van der Waals surface area contributed by atoms with Crippen molar-refractivity contribution in [2.75, 3.05) is 24.4 Å². The second-order valence-electron chi connectivity index (χ2n) is 4.72. The molecule has 0 bridgehead atoms. The van der Waals surface area contributed by atoms with E-state index >= 15 is 0 Å². The second-order valence-corrected chi connectivity index (χ2v) is 5.03. The molecule has 2 rings (SSSR count). The minimum absolute atomic E-state index is 0.0795. The van der Waals surface area contributed by atoms with Crippen molar-refractivity contribution < 1.29 is 14.3 Å². The van der Waals surface area contributed by atoms with E-state index in [1.54, 1.807) is 17.0 Å². The van der Waals surface area contributed by atoms with E-state index < -0.39 is 0 Å². The van der Waals surface area contributed by atoms with Gasteiger partial charge >= 0.3 is 5.97 Å². The minimum Gasteiger partial charge on any atom is -0.465 e. The number of alkyl halides is 1. The van der Waals surface area contributed by atoms with Gasteiger partial charge in [-0.3, -0.25) is 4.79 Å². The number of anilines is 1. The first-order valence-electron chi connectivity index (χ1n) is 6.12. The summed E-state index contributed by atoms with van der Waals surface area (Å²) in [4.78, 5) is 25.1. The molecule has 1 aromatic rings. The molecule has 5 heteroatoms. The number of carbonyl (C=O) groups excluding carboxylic acids is 2. The largest absolute Gasteiger partial charge is 0.465 e. The molecule has 1 saturated heterocycles. The first-order valence-corrected chi connectivity index (χ1v) is 6.65. The number of hydrogen-bond acceptors (Lipinski definition) is 3. The number of nitrogens with zero attached hydrogens (tertiary/aromatic N) is 1. The number of amides is 1. The van der Waals surface area contributed by atoms with E-state index in [2.05, 4.69) is 0 Å². The van der Waals surface area contributed by atoms with Crippen LogP contribution in [0.15, 0.2) is 18.2 Å². The third-order valence-electron chi connectivity index (χ3n) is 3.35. The van der Waals surface area contributed by atoms with Crippen LogP contribution in [-0.4, -0.2) is 31.4 Å². The van der Waals surface area contributed by atoms with Crippen molar-refractivity contribution in [1.82, 2.24) is 0 Å². The molecular formula is C14H16ClNO3. The van der Waals surface area contributed by atoms with Crippen LogP contribution < -0.4 is 4.90 Å². The Morgan fingerprint density at radius 1 is 1.53 bits per heavy atom. The normalized spacial score (nSPS) is 18.8. The standard InChI is InChI=1S/C14H16ClNO3/c1-9-5-11(3-4-12(9)14(18)19-2)16-8-10(7-15)6-13(16)17/h3-5,10H,6-8H2,1-2H3. The van der Waals surface area contributed by atoms with E-state index in [4.69, 9.17) is 16.3 Å². The monoisotopic (exact) mass is 281 g/mol. The van der Waals surface area contributed by atoms with E-state index in [-0.39, 0.29) is 17.8 Å². The number of ether oxygens (including phenoxy) is 1. The Hall–Kier alpha value is -1.55. The van der Waals surface area contributed by atoms with Gasteiger partial charge in [-0.15, -0.1) is 11.6 Å². The molecule has 0 aliphatic carbocycles. The number of benzene rings is 1. The fourth-order valence-electron chi connectivity index (χ4n) is 2.29. The van der Waals surface area contributed by atoms with Gasteiger partial charge in [0, 0.05) is 24.5 Å². The Kier molecular flexibility index (Phi) is 4.10. The maximum atomic E-state index is 11.9. The number of esters is 1. The van der Waals surface area contributed by atoms with Gasteiger partial charge in [0.05, 0.1) is 12.7 Å². The highest BCUT2D eigenvalue weighted by molar-refractivity contribution is 6.18. The summed E-state index contributed by atoms with van der Waals surface area (Å²) in [6.07, 6.45) is 0.487. The molecule has 1 aromatic carbocycles. The van der Waals surface area contributed by atoms with Crippen LogP contribution in [0, 0.1) is 12.8 Å². The lowest BCUT2D eigenvalue weighted by atomic mass is 10.1. The minimum atomic E-state index is -0.365. The maximum Gasteiger partial charge on any atom is 0.338 e. The predicted octanol–water partition coefficient (Wildman–Crippen LogP) is 2.37. The summed E-state index contributed by atoms with van der Waals surface area (Å²) in [5.41, 5.74) is 2.13. The van der Waals surface area contributed by atoms with Crippen molar-refractivity contribution in [3.8, 4) is 0 Å². The average molecular weight is 282 g/mol. The zero-order valence-electron chi connectivity index (χ0n) is 11.0. The molecule has 0 radical (unpaired) electrons. The summed E-state index contributed by atoms with van der Waals surface area (Å²) >= 11 is 5.80. The lowest BCUT2D eigenvalue weighted by Gasteiger charge is -2.17. The molecular weight excluding hydrogens is 266 g/mol. The third-order valence-corrected chi connectivity index (χ3v) is 3.79. The van der Waals surface area contributed by atoms with Gasteiger partial charge in [0.1, 0.15) is 0 Å². The molecule has 102 valence electrons. The molecule has 1 atom stereocenters. The Balaban J connectivity index is 2.25. The molecule has 1 unspecified atom stereocenters. The Morgan fingerprint density at radius 2 is 2.26 bits per heavy atom. The van der Waals surface area contributed by atoms with E-state index in [9.17, 15) is 9.59 Å². The van der Waals surface area contributed by atoms with E-state index in [0.717, 1.165) is 11.3 Å². The molecule has 4 nitrogen and oxygen atoms in total. The molecule has 0 N–H and O–H groups in total. The first kappa shape index (κ1) is 13.9. The van der Waals surface area contributed by atoms with Crippen molar-refractivity contribution >= 4 is 29.2 Å². The lowest BCUT2D eigenvalue weighted by Crippen LogP contribution is -2.24. The number of carbonyl (C=O) groups is 2. The summed E-state index contributed by atoms with van der Waals surface area (Å²) in [6, 6.07) is 5.30. The van der Waals surface area contributed by atoms with Crippen LogP contribution in [-0.2, 0) is 9.53 Å². The fourth-order valence-corrected chi connectivity index (χ4v) is 2.50. The van der Waals surface area contributed by atoms with Crippen LogP contribution in [0.5, 0.6) is 0 Å². The highest BCUT2D eigenvalue weighted by Gasteiger charge is 2.30. The van der Waals surface area contributed by atoms with E-state index in [1.165, 1.54) is 7.11 Å². The van der Waals surface area contributed by atoms with Crippen molar-refractivity contribution in [3.63, 3.8) is 0 Å². The number of aryl methyl sites for hydroxylation is 1. The van der Waals surface area contributed by atoms with Crippen molar-refractivity contribution in [1.29, 1.82) is 0 Å². The molecule has 0 aromatic heterocycles. The van der Waals surface area contributed by atoms with Crippen LogP contribution in [0.25, 0.3) is 0 Å². The summed E-state index contributed by atoms with van der Waals surface area (Å²) in [5.74, 6) is 0.405. The maximum absolute atomic E-state index is 11.9. The Labute approximate surface area is 117 Å². The van der Waals surface area contributed by atoms with Gasteiger partial charge in [0.15, 0.2) is 0 Å². The van der Waals surface area contributed by atoms with Gasteiger partial charge < -0.3 is 9.64 Å². The number of halogens is 1. The summed E-state index contributed by atoms with van der Waals surface area (Å²) in [5, 5.41) is 0. The SMILES string of the molecule is COC(=O)c1ccc(N2CC(CCl)CC2=O)cc1C. The molecule has 1 fully saturated rings. The average Bonchev–Trinajstić information content (AvgIpc) is 2.79. The Bertz CT molecular complexity index is 515. The van der Waals surface area contributed by atoms with Gasteiger partial charge in [-0.05, 0) is 36.6 Å². The van der Waals surface area contributed by atoms with E-state index in [0.29, 0.717) is 24.4 Å². The van der Waals surface area contributed by atoms with Gasteiger partial charge in [-0.2, -0.15) is 0 Å². The molecule has 1 heterocycles. The number of hydrogen-bond donors (Lipinski definition) is 0. The Morgan fingerprint density at radius 3 is 2.79 bits per heavy atom. The molecule has 1 aliphatic heterocycles. The van der Waals surface area contributed by atoms with Gasteiger partial charge in [0.25, 0.3) is 0 Å². The van der Waals surface area contributed by atoms with Crippen LogP contribution in [0.3, 0.4) is 0 Å². The van der Waals surface area contributed by atoms with Gasteiger partial charge in [-0.25, -0.2) is 4.79 Å². The molecule has 0 spiro atoms. The lowest BCUT2D eigenvalue weighted by molar-refractivity contribution is -0.117. The topological polar surface area (TPSA) is 46.6 Å². The summed E-state index contributed by atoms with van der Waals surface area (Å²) in [6.45, 7) is 2.47. The van der Waals surface area contributed by atoms with Crippen LogP contribution in [0.1, 0.15) is 22.3 Å². The van der Waals surface area contributed by atoms with Crippen LogP contribution in [0.2, 0.25) is 0 Å². The van der Waals surface area contributed by atoms with Crippen molar-refractivity contribution in [3.05, 3.63) is 29.3 Å². The fraction of sp³-hybridized carbons (Fsp3) is 0.429. The molecule has 1 amide bonds.